The molecule has 0 radical (unpaired) electrons. The first-order valence-electron chi connectivity index (χ1n) is 11.9. The van der Waals surface area contributed by atoms with E-state index in [1.54, 1.807) is 12.0 Å². The summed E-state index contributed by atoms with van der Waals surface area (Å²) < 4.78 is 11.5. The molecular weight excluding hydrogens is 402 g/mol. The van der Waals surface area contributed by atoms with Gasteiger partial charge in [-0.2, -0.15) is 0 Å². The number of rotatable bonds is 9. The van der Waals surface area contributed by atoms with Crippen LogP contribution in [0.15, 0.2) is 42.5 Å². The molecule has 0 saturated carbocycles. The fourth-order valence-electron chi connectivity index (χ4n) is 5.03. The van der Waals surface area contributed by atoms with Gasteiger partial charge in [-0.3, -0.25) is 4.90 Å². The van der Waals surface area contributed by atoms with Crippen molar-refractivity contribution in [2.24, 2.45) is 0 Å². The molecule has 4 rings (SSSR count). The Morgan fingerprint density at radius 1 is 1.06 bits per heavy atom. The van der Waals surface area contributed by atoms with Crippen LogP contribution in [0.4, 0.5) is 0 Å². The minimum atomic E-state index is 0.375. The van der Waals surface area contributed by atoms with E-state index < -0.39 is 0 Å². The van der Waals surface area contributed by atoms with Crippen LogP contribution in [-0.4, -0.2) is 88.1 Å². The zero-order valence-corrected chi connectivity index (χ0v) is 19.6. The molecule has 0 spiro atoms. The predicted molar refractivity (Wildman–Crippen MR) is 128 cm³/mol. The van der Waals surface area contributed by atoms with E-state index in [2.05, 4.69) is 59.3 Å². The largest absolute Gasteiger partial charge is 0.497 e. The second-order valence-electron chi connectivity index (χ2n) is 9.18. The third-order valence-electron chi connectivity index (χ3n) is 6.87. The zero-order chi connectivity index (χ0) is 22.3. The Balaban J connectivity index is 1.30. The second-order valence-corrected chi connectivity index (χ2v) is 9.18. The number of methoxy groups -OCH3 is 1. The molecule has 2 aromatic rings. The predicted octanol–water partition coefficient (Wildman–Crippen LogP) is 0.967. The molecule has 2 aliphatic heterocycles. The summed E-state index contributed by atoms with van der Waals surface area (Å²) in [7, 11) is 3.90. The highest BCUT2D eigenvalue weighted by atomic mass is 16.5. The third-order valence-corrected chi connectivity index (χ3v) is 6.87. The molecule has 2 aromatic carbocycles. The van der Waals surface area contributed by atoms with Gasteiger partial charge >= 0.3 is 0 Å². The summed E-state index contributed by atoms with van der Waals surface area (Å²) in [6.07, 6.45) is 1.05. The van der Waals surface area contributed by atoms with Gasteiger partial charge in [0.2, 0.25) is 0 Å². The molecule has 3 N–H and O–H groups in total. The average molecular weight is 442 g/mol. The van der Waals surface area contributed by atoms with Crippen LogP contribution in [0.3, 0.4) is 0 Å². The average Bonchev–Trinajstić information content (AvgIpc) is 2.82. The summed E-state index contributed by atoms with van der Waals surface area (Å²) in [5.41, 5.74) is 4.11. The van der Waals surface area contributed by atoms with Gasteiger partial charge in [0.25, 0.3) is 0 Å². The maximum Gasteiger partial charge on any atom is 0.193 e. The number of hydrogen-bond acceptors (Lipinski definition) is 4. The molecule has 0 aliphatic carbocycles. The van der Waals surface area contributed by atoms with Gasteiger partial charge in [-0.05, 0) is 54.4 Å². The highest BCUT2D eigenvalue weighted by Crippen LogP contribution is 2.35. The van der Waals surface area contributed by atoms with Crippen molar-refractivity contribution in [1.82, 2.24) is 9.80 Å². The first-order valence-corrected chi connectivity index (χ1v) is 11.9. The van der Waals surface area contributed by atoms with Gasteiger partial charge in [0.1, 0.15) is 18.0 Å². The van der Waals surface area contributed by atoms with Crippen LogP contribution in [0, 0.1) is 0 Å². The summed E-state index contributed by atoms with van der Waals surface area (Å²) >= 11 is 0. The molecule has 174 valence electrons. The molecule has 0 bridgehead atoms. The van der Waals surface area contributed by atoms with Crippen molar-refractivity contribution >= 4 is 0 Å². The molecule has 1 fully saturated rings. The van der Waals surface area contributed by atoms with Crippen LogP contribution in [0.2, 0.25) is 0 Å². The van der Waals surface area contributed by atoms with Crippen LogP contribution >= 0.6 is 0 Å². The van der Waals surface area contributed by atoms with Crippen LogP contribution in [0.1, 0.15) is 29.0 Å². The Bertz CT molecular complexity index is 850. The van der Waals surface area contributed by atoms with Gasteiger partial charge in [-0.1, -0.05) is 18.2 Å². The van der Waals surface area contributed by atoms with E-state index in [9.17, 15) is 0 Å². The third kappa shape index (κ3) is 5.81. The number of piperazine rings is 1. The number of hydrogen-bond donors (Lipinski definition) is 1. The standard InChI is InChI=1S/C26H37N3O3/c1-27-19-22-18-24(32-17-3-10-28-11-13-29(14-12-28)15-16-30)8-9-25(22)26(20-27)21-4-6-23(31-2)7-5-21/h4-9,18,26,30H,3,10-17,19-20H2,1-2H3/p+2. The molecule has 2 heterocycles. The maximum atomic E-state index is 7.39. The lowest BCUT2D eigenvalue weighted by Gasteiger charge is -2.33. The Labute approximate surface area is 192 Å². The topological polar surface area (TPSA) is 52.3 Å². The SMILES string of the molecule is COc1ccc(C2CN(C)Cc3cc(OCCCN4CC[NH+](CC[OH2+])CC4)ccc32)cc1. The fourth-order valence-corrected chi connectivity index (χ4v) is 5.03. The first-order chi connectivity index (χ1) is 15.7. The van der Waals surface area contributed by atoms with Gasteiger partial charge < -0.3 is 24.4 Å². The van der Waals surface area contributed by atoms with Gasteiger partial charge in [-0.15, -0.1) is 0 Å². The summed E-state index contributed by atoms with van der Waals surface area (Å²) in [4.78, 5) is 6.51. The lowest BCUT2D eigenvalue weighted by atomic mass is 9.84. The molecule has 6 nitrogen and oxygen atoms in total. The van der Waals surface area contributed by atoms with Crippen molar-refractivity contribution in [1.29, 1.82) is 0 Å². The summed E-state index contributed by atoms with van der Waals surface area (Å²) in [6, 6.07) is 15.1. The Hall–Kier alpha value is -2.12. The Morgan fingerprint density at radius 3 is 2.53 bits per heavy atom. The highest BCUT2D eigenvalue weighted by Gasteiger charge is 2.25. The van der Waals surface area contributed by atoms with E-state index in [4.69, 9.17) is 14.6 Å². The molecule has 6 heteroatoms. The Kier molecular flexibility index (Phi) is 8.03. The van der Waals surface area contributed by atoms with Crippen molar-refractivity contribution in [2.45, 2.75) is 18.9 Å². The van der Waals surface area contributed by atoms with Crippen LogP contribution in [-0.2, 0) is 6.54 Å². The van der Waals surface area contributed by atoms with E-state index in [-0.39, 0.29) is 0 Å². The number of nitrogens with zero attached hydrogens (tertiary/aromatic N) is 2. The van der Waals surface area contributed by atoms with Crippen molar-refractivity contribution < 1.29 is 19.5 Å². The van der Waals surface area contributed by atoms with E-state index in [0.29, 0.717) is 12.5 Å². The van der Waals surface area contributed by atoms with Crippen LogP contribution in [0.25, 0.3) is 0 Å². The molecule has 32 heavy (non-hydrogen) atoms. The van der Waals surface area contributed by atoms with Gasteiger partial charge in [0.05, 0.1) is 26.8 Å². The molecule has 0 amide bonds. The number of likely N-dealkylation sites (N-methyl/N-ethyl adjacent to an activating group) is 1. The molecule has 0 aromatic heterocycles. The minimum Gasteiger partial charge on any atom is -0.497 e. The summed E-state index contributed by atoms with van der Waals surface area (Å²) in [5.74, 6) is 2.26. The number of benzene rings is 2. The quantitative estimate of drug-likeness (QED) is 0.465. The van der Waals surface area contributed by atoms with Crippen molar-refractivity contribution in [3.63, 3.8) is 0 Å². The summed E-state index contributed by atoms with van der Waals surface area (Å²) in [5, 5.41) is 7.39. The number of ether oxygens (including phenoxy) is 2. The van der Waals surface area contributed by atoms with Crippen LogP contribution < -0.4 is 14.4 Å². The van der Waals surface area contributed by atoms with Gasteiger partial charge in [0, 0.05) is 38.6 Å². The maximum absolute atomic E-state index is 7.39. The van der Waals surface area contributed by atoms with E-state index in [1.807, 2.05) is 0 Å². The van der Waals surface area contributed by atoms with E-state index in [0.717, 1.165) is 63.8 Å². The molecule has 2 aliphatic rings. The molecular formula is C26H39N3O3+2. The monoisotopic (exact) mass is 441 g/mol. The molecule has 1 atom stereocenters. The van der Waals surface area contributed by atoms with Gasteiger partial charge in [0.15, 0.2) is 6.61 Å². The van der Waals surface area contributed by atoms with Crippen LogP contribution in [0.5, 0.6) is 11.5 Å². The van der Waals surface area contributed by atoms with E-state index in [1.165, 1.54) is 29.8 Å². The lowest BCUT2D eigenvalue weighted by molar-refractivity contribution is -0.904. The van der Waals surface area contributed by atoms with Crippen molar-refractivity contribution in [3.05, 3.63) is 59.2 Å². The van der Waals surface area contributed by atoms with Crippen molar-refractivity contribution in [3.8, 4) is 11.5 Å². The smallest absolute Gasteiger partial charge is 0.193 e. The fraction of sp³-hybridized carbons (Fsp3) is 0.538. The number of fused-ring (bicyclic) bond motifs is 1. The number of nitrogens with one attached hydrogen (secondary N) is 1. The lowest BCUT2D eigenvalue weighted by Crippen LogP contribution is -3.15. The van der Waals surface area contributed by atoms with E-state index >= 15 is 0 Å². The second kappa shape index (κ2) is 11.1. The normalized spacial score (nSPS) is 20.2. The first kappa shape index (κ1) is 23.1. The van der Waals surface area contributed by atoms with Crippen molar-refractivity contribution in [2.75, 3.05) is 73.2 Å². The zero-order valence-electron chi connectivity index (χ0n) is 19.6. The Morgan fingerprint density at radius 2 is 1.81 bits per heavy atom. The minimum absolute atomic E-state index is 0.375. The number of quaternary nitrogens is 1. The summed E-state index contributed by atoms with van der Waals surface area (Å²) in [6.45, 7) is 10.0. The highest BCUT2D eigenvalue weighted by molar-refractivity contribution is 5.45. The molecule has 1 saturated heterocycles. The van der Waals surface area contributed by atoms with Gasteiger partial charge in [-0.25, -0.2) is 0 Å². The molecule has 1 unspecified atom stereocenters.